The van der Waals surface area contributed by atoms with Gasteiger partial charge in [-0.15, -0.1) is 10.2 Å². The second kappa shape index (κ2) is 8.34. The number of rotatable bonds is 3. The zero-order chi connectivity index (χ0) is 19.0. The summed E-state index contributed by atoms with van der Waals surface area (Å²) < 4.78 is 35.0. The Labute approximate surface area is 201 Å². The van der Waals surface area contributed by atoms with Crippen molar-refractivity contribution in [2.24, 2.45) is 10.2 Å². The molecular weight excluding hydrogens is 502 g/mol. The van der Waals surface area contributed by atoms with Crippen LogP contribution in [0.15, 0.2) is 87.9 Å². The van der Waals surface area contributed by atoms with Gasteiger partial charge in [0.25, 0.3) is 0 Å². The van der Waals surface area contributed by atoms with Crippen molar-refractivity contribution in [2.45, 2.75) is 4.90 Å². The van der Waals surface area contributed by atoms with E-state index in [1.165, 1.54) is 12.1 Å². The molecule has 134 valence electrons. The molecular formula is C20H13BaN2O4S+. The van der Waals surface area contributed by atoms with E-state index in [-0.39, 0.29) is 66.0 Å². The van der Waals surface area contributed by atoms with Crippen molar-refractivity contribution in [2.75, 3.05) is 0 Å². The number of azo groups is 1. The molecule has 0 amide bonds. The van der Waals surface area contributed by atoms with Gasteiger partial charge in [0.05, 0.1) is 4.90 Å². The second-order valence-corrected chi connectivity index (χ2v) is 7.29. The molecule has 0 aliphatic heterocycles. The molecule has 0 fully saturated rings. The second-order valence-electron chi connectivity index (χ2n) is 5.94. The first kappa shape index (κ1) is 21.0. The zero-order valence-corrected chi connectivity index (χ0v) is 19.9. The summed E-state index contributed by atoms with van der Waals surface area (Å²) in [7, 11) is -4.75. The Balaban J connectivity index is 0.00000225. The largest absolute Gasteiger partial charge is 2.00 e. The fourth-order valence-corrected chi connectivity index (χ4v) is 3.61. The Morgan fingerprint density at radius 2 is 1.21 bits per heavy atom. The Hall–Kier alpha value is -1.72. The van der Waals surface area contributed by atoms with Gasteiger partial charge in [0.15, 0.2) is 0 Å². The molecule has 0 spiro atoms. The predicted molar refractivity (Wildman–Crippen MR) is 107 cm³/mol. The molecule has 0 aliphatic rings. The SMILES string of the molecule is O=S(=O)([O-])c1ccc2ccccc2c1N=Nc1c(O)ccc2ccccc12.[Ba+2]. The Morgan fingerprint density at radius 1 is 0.714 bits per heavy atom. The van der Waals surface area contributed by atoms with Crippen molar-refractivity contribution in [3.8, 4) is 5.75 Å². The molecule has 0 saturated carbocycles. The monoisotopic (exact) mass is 515 g/mol. The molecule has 0 atom stereocenters. The van der Waals surface area contributed by atoms with Gasteiger partial charge in [0.2, 0.25) is 0 Å². The molecule has 0 aromatic heterocycles. The van der Waals surface area contributed by atoms with Gasteiger partial charge in [0, 0.05) is 10.8 Å². The van der Waals surface area contributed by atoms with E-state index < -0.39 is 15.0 Å². The molecule has 0 aliphatic carbocycles. The van der Waals surface area contributed by atoms with Crippen LogP contribution < -0.4 is 0 Å². The van der Waals surface area contributed by atoms with E-state index in [1.807, 2.05) is 12.1 Å². The predicted octanol–water partition coefficient (Wildman–Crippen LogP) is 4.64. The average Bonchev–Trinajstić information content (AvgIpc) is 2.66. The number of aromatic hydroxyl groups is 1. The van der Waals surface area contributed by atoms with Gasteiger partial charge in [-0.05, 0) is 22.9 Å². The maximum atomic E-state index is 11.7. The molecule has 4 aromatic carbocycles. The van der Waals surface area contributed by atoms with Crippen molar-refractivity contribution in [3.05, 3.63) is 72.8 Å². The van der Waals surface area contributed by atoms with Crippen LogP contribution in [0, 0.1) is 0 Å². The summed E-state index contributed by atoms with van der Waals surface area (Å²) in [4.78, 5) is -0.454. The molecule has 4 aromatic rings. The number of phenols is 1. The topological polar surface area (TPSA) is 102 Å². The Morgan fingerprint density at radius 3 is 1.82 bits per heavy atom. The van der Waals surface area contributed by atoms with E-state index in [0.29, 0.717) is 10.8 Å². The van der Waals surface area contributed by atoms with Crippen molar-refractivity contribution >= 4 is 91.9 Å². The van der Waals surface area contributed by atoms with Gasteiger partial charge in [-0.2, -0.15) is 0 Å². The first-order chi connectivity index (χ1) is 12.9. The van der Waals surface area contributed by atoms with Crippen LogP contribution in [0.2, 0.25) is 0 Å². The third-order valence-corrected chi connectivity index (χ3v) is 5.13. The molecule has 4 rings (SSSR count). The summed E-state index contributed by atoms with van der Waals surface area (Å²) in [5, 5.41) is 21.1. The van der Waals surface area contributed by atoms with Crippen LogP contribution in [0.3, 0.4) is 0 Å². The quantitative estimate of drug-likeness (QED) is 0.244. The summed E-state index contributed by atoms with van der Waals surface area (Å²) in [5.74, 6) is -0.0933. The average molecular weight is 515 g/mol. The minimum atomic E-state index is -4.75. The van der Waals surface area contributed by atoms with Crippen molar-refractivity contribution in [1.29, 1.82) is 0 Å². The van der Waals surface area contributed by atoms with E-state index in [1.54, 1.807) is 48.5 Å². The van der Waals surface area contributed by atoms with Crippen LogP contribution in [0.4, 0.5) is 11.4 Å². The molecule has 0 heterocycles. The summed E-state index contributed by atoms with van der Waals surface area (Å²) >= 11 is 0. The normalized spacial score (nSPS) is 11.8. The molecule has 6 nitrogen and oxygen atoms in total. The zero-order valence-electron chi connectivity index (χ0n) is 14.6. The number of fused-ring (bicyclic) bond motifs is 2. The Kier molecular flexibility index (Phi) is 6.25. The third kappa shape index (κ3) is 4.01. The summed E-state index contributed by atoms with van der Waals surface area (Å²) in [6.07, 6.45) is 0. The van der Waals surface area contributed by atoms with Crippen LogP contribution in [0.1, 0.15) is 0 Å². The number of nitrogens with zero attached hydrogens (tertiary/aromatic N) is 2. The van der Waals surface area contributed by atoms with Gasteiger partial charge in [-0.1, -0.05) is 60.7 Å². The number of benzene rings is 4. The number of phenolic OH excluding ortho intramolecular Hbond substituents is 1. The fourth-order valence-electron chi connectivity index (χ4n) is 2.99. The minimum Gasteiger partial charge on any atom is -0.744 e. The summed E-state index contributed by atoms with van der Waals surface area (Å²) in [6, 6.07) is 20.3. The smallest absolute Gasteiger partial charge is 0.744 e. The summed E-state index contributed by atoms with van der Waals surface area (Å²) in [5.41, 5.74) is 0.158. The standard InChI is InChI=1S/C20H14N2O4S.Ba/c23-17-11-9-13-5-1-3-7-15(13)19(17)21-22-20-16-8-4-2-6-14(16)10-12-18(20)27(24,25)26;/h1-12,23H,(H,24,25,26);/q;+2/p-1. The molecule has 1 N–H and O–H groups in total. The summed E-state index contributed by atoms with van der Waals surface area (Å²) in [6.45, 7) is 0. The van der Waals surface area contributed by atoms with Crippen LogP contribution in [0.5, 0.6) is 5.75 Å². The fraction of sp³-hybridized carbons (Fsp3) is 0. The minimum absolute atomic E-state index is 0. The van der Waals surface area contributed by atoms with Gasteiger partial charge in [-0.3, -0.25) is 0 Å². The first-order valence-electron chi connectivity index (χ1n) is 8.05. The van der Waals surface area contributed by atoms with Crippen molar-refractivity contribution < 1.29 is 18.1 Å². The van der Waals surface area contributed by atoms with Crippen LogP contribution in [-0.2, 0) is 10.1 Å². The van der Waals surface area contributed by atoms with E-state index in [9.17, 15) is 18.1 Å². The molecule has 28 heavy (non-hydrogen) atoms. The van der Waals surface area contributed by atoms with Crippen molar-refractivity contribution in [1.82, 2.24) is 0 Å². The van der Waals surface area contributed by atoms with Crippen molar-refractivity contribution in [3.63, 3.8) is 0 Å². The molecule has 0 radical (unpaired) electrons. The van der Waals surface area contributed by atoms with E-state index >= 15 is 0 Å². The van der Waals surface area contributed by atoms with Gasteiger partial charge < -0.3 is 9.66 Å². The maximum Gasteiger partial charge on any atom is 2.00 e. The molecule has 0 saturated heterocycles. The third-order valence-electron chi connectivity index (χ3n) is 4.26. The Bertz CT molecular complexity index is 1320. The number of hydrogen-bond acceptors (Lipinski definition) is 6. The van der Waals surface area contributed by atoms with E-state index in [0.717, 1.165) is 10.8 Å². The van der Waals surface area contributed by atoms with Gasteiger partial charge in [0.1, 0.15) is 27.2 Å². The molecule has 0 bridgehead atoms. The maximum absolute atomic E-state index is 11.7. The number of hydrogen-bond donors (Lipinski definition) is 1. The molecule has 0 unspecified atom stereocenters. The van der Waals surface area contributed by atoms with E-state index in [4.69, 9.17) is 0 Å². The van der Waals surface area contributed by atoms with Crippen LogP contribution in [-0.4, -0.2) is 67.0 Å². The van der Waals surface area contributed by atoms with Gasteiger partial charge >= 0.3 is 48.9 Å². The van der Waals surface area contributed by atoms with E-state index in [2.05, 4.69) is 10.2 Å². The van der Waals surface area contributed by atoms with Crippen LogP contribution in [0.25, 0.3) is 21.5 Å². The first-order valence-corrected chi connectivity index (χ1v) is 9.46. The van der Waals surface area contributed by atoms with Gasteiger partial charge in [-0.25, -0.2) is 8.42 Å². The van der Waals surface area contributed by atoms with Crippen LogP contribution >= 0.6 is 0 Å². The molecule has 8 heteroatoms.